The summed E-state index contributed by atoms with van der Waals surface area (Å²) in [5.74, 6) is 0. The van der Waals surface area contributed by atoms with Gasteiger partial charge in [0.05, 0.1) is 0 Å². The second-order valence-corrected chi connectivity index (χ2v) is 3.70. The van der Waals surface area contributed by atoms with Gasteiger partial charge in [0.15, 0.2) is 0 Å². The Balaban J connectivity index is 2.87. The van der Waals surface area contributed by atoms with Crippen LogP contribution in [0.4, 0.5) is 0 Å². The summed E-state index contributed by atoms with van der Waals surface area (Å²) in [5.41, 5.74) is 9.49. The first-order chi connectivity index (χ1) is 7.67. The van der Waals surface area contributed by atoms with Gasteiger partial charge < -0.3 is 5.73 Å². The highest BCUT2D eigenvalue weighted by molar-refractivity contribution is 5.74. The number of hydrogen-bond donors (Lipinski definition) is 1. The van der Waals surface area contributed by atoms with Gasteiger partial charge in [0.2, 0.25) is 0 Å². The summed E-state index contributed by atoms with van der Waals surface area (Å²) in [7, 11) is 0. The van der Waals surface area contributed by atoms with Crippen molar-refractivity contribution in [2.75, 3.05) is 0 Å². The normalized spacial score (nSPS) is 12.6. The van der Waals surface area contributed by atoms with Crippen LogP contribution in [0.5, 0.6) is 0 Å². The Morgan fingerprint density at radius 3 is 2.38 bits per heavy atom. The quantitative estimate of drug-likeness (QED) is 0.476. The van der Waals surface area contributed by atoms with E-state index in [0.717, 1.165) is 18.3 Å². The molecule has 2 N–H and O–H groups in total. The average Bonchev–Trinajstić information content (AvgIpc) is 2.35. The maximum atomic E-state index is 10.4. The fourth-order valence-electron chi connectivity index (χ4n) is 1.29. The largest absolute Gasteiger partial charge is 0.398 e. The lowest BCUT2D eigenvalue weighted by Gasteiger charge is -2.02. The molecule has 0 aliphatic carbocycles. The molecule has 0 saturated carbocycles. The van der Waals surface area contributed by atoms with Crippen LogP contribution in [0.1, 0.15) is 25.0 Å². The zero-order chi connectivity index (χ0) is 12.0. The van der Waals surface area contributed by atoms with Crippen molar-refractivity contribution >= 4 is 12.0 Å². The first kappa shape index (κ1) is 12.2. The maximum Gasteiger partial charge on any atom is 0.145 e. The van der Waals surface area contributed by atoms with Crippen LogP contribution in [0.2, 0.25) is 0 Å². The van der Waals surface area contributed by atoms with E-state index in [-0.39, 0.29) is 0 Å². The molecule has 16 heavy (non-hydrogen) atoms. The Kier molecular flexibility index (Phi) is 4.52. The summed E-state index contributed by atoms with van der Waals surface area (Å²) in [5, 5.41) is 0. The molecule has 0 amide bonds. The predicted molar refractivity (Wildman–Crippen MR) is 67.8 cm³/mol. The molecule has 1 rings (SSSR count). The van der Waals surface area contributed by atoms with E-state index >= 15 is 0 Å². The smallest absolute Gasteiger partial charge is 0.145 e. The molecule has 1 aromatic rings. The van der Waals surface area contributed by atoms with Gasteiger partial charge in [-0.1, -0.05) is 37.3 Å². The zero-order valence-corrected chi connectivity index (χ0v) is 9.73. The Morgan fingerprint density at radius 2 is 1.88 bits per heavy atom. The number of allylic oxidation sites excluding steroid dienone is 3. The molecule has 0 atom stereocenters. The molecule has 2 nitrogen and oxygen atoms in total. The Labute approximate surface area is 96.5 Å². The van der Waals surface area contributed by atoms with Gasteiger partial charge in [0, 0.05) is 5.70 Å². The lowest BCUT2D eigenvalue weighted by Crippen LogP contribution is -1.96. The summed E-state index contributed by atoms with van der Waals surface area (Å²) in [6.07, 6.45) is 5.30. The standard InChI is InChI=1S/C14H17NO/c1-3-12-5-7-13(8-6-12)14(15)9-4-11(2)10-16/h4-10H,3,15H2,1-2H3/b11-4+,14-9-. The molecule has 0 spiro atoms. The van der Waals surface area contributed by atoms with E-state index in [1.807, 2.05) is 12.1 Å². The number of hydrogen-bond acceptors (Lipinski definition) is 2. The molecule has 1 aromatic carbocycles. The third-order valence-electron chi connectivity index (χ3n) is 2.41. The van der Waals surface area contributed by atoms with Gasteiger partial charge in [0.1, 0.15) is 6.29 Å². The number of benzene rings is 1. The monoisotopic (exact) mass is 215 g/mol. The van der Waals surface area contributed by atoms with E-state index in [2.05, 4.69) is 19.1 Å². The van der Waals surface area contributed by atoms with Crippen LogP contribution in [0, 0.1) is 0 Å². The van der Waals surface area contributed by atoms with Crippen LogP contribution in [0.25, 0.3) is 5.70 Å². The van der Waals surface area contributed by atoms with Crippen molar-refractivity contribution in [1.82, 2.24) is 0 Å². The Morgan fingerprint density at radius 1 is 1.25 bits per heavy atom. The van der Waals surface area contributed by atoms with Crippen molar-refractivity contribution in [1.29, 1.82) is 0 Å². The summed E-state index contributed by atoms with van der Waals surface area (Å²) in [4.78, 5) is 10.4. The summed E-state index contributed by atoms with van der Waals surface area (Å²) < 4.78 is 0. The van der Waals surface area contributed by atoms with Crippen molar-refractivity contribution in [3.05, 3.63) is 53.1 Å². The molecule has 0 heterocycles. The lowest BCUT2D eigenvalue weighted by molar-refractivity contribution is -0.104. The number of carbonyl (C=O) groups is 1. The maximum absolute atomic E-state index is 10.4. The number of rotatable bonds is 4. The van der Waals surface area contributed by atoms with Crippen molar-refractivity contribution in [2.45, 2.75) is 20.3 Å². The second-order valence-electron chi connectivity index (χ2n) is 3.70. The van der Waals surface area contributed by atoms with Gasteiger partial charge >= 0.3 is 0 Å². The van der Waals surface area contributed by atoms with Gasteiger partial charge in [-0.2, -0.15) is 0 Å². The first-order valence-corrected chi connectivity index (χ1v) is 5.36. The minimum absolute atomic E-state index is 0.660. The summed E-state index contributed by atoms with van der Waals surface area (Å²) in [6, 6.07) is 8.11. The second kappa shape index (κ2) is 5.91. The molecule has 0 fully saturated rings. The van der Waals surface area contributed by atoms with Crippen LogP contribution in [-0.4, -0.2) is 6.29 Å². The van der Waals surface area contributed by atoms with Crippen LogP contribution < -0.4 is 5.73 Å². The molecule has 0 radical (unpaired) electrons. The van der Waals surface area contributed by atoms with Crippen molar-refractivity contribution in [3.8, 4) is 0 Å². The van der Waals surface area contributed by atoms with Gasteiger partial charge in [-0.15, -0.1) is 0 Å². The topological polar surface area (TPSA) is 43.1 Å². The number of nitrogens with two attached hydrogens (primary N) is 1. The summed E-state index contributed by atoms with van der Waals surface area (Å²) >= 11 is 0. The first-order valence-electron chi connectivity index (χ1n) is 5.36. The van der Waals surface area contributed by atoms with E-state index in [9.17, 15) is 4.79 Å². The van der Waals surface area contributed by atoms with Gasteiger partial charge in [0.25, 0.3) is 0 Å². The zero-order valence-electron chi connectivity index (χ0n) is 9.73. The minimum atomic E-state index is 0.660. The Bertz CT molecular complexity index is 413. The molecule has 0 saturated heterocycles. The molecular formula is C14H17NO. The highest BCUT2D eigenvalue weighted by Crippen LogP contribution is 2.11. The minimum Gasteiger partial charge on any atom is -0.398 e. The number of aldehydes is 1. The number of aryl methyl sites for hydroxylation is 1. The molecule has 0 bridgehead atoms. The lowest BCUT2D eigenvalue weighted by atomic mass is 10.1. The highest BCUT2D eigenvalue weighted by atomic mass is 16.1. The van der Waals surface area contributed by atoms with E-state index in [4.69, 9.17) is 5.73 Å². The van der Waals surface area contributed by atoms with Gasteiger partial charge in [-0.3, -0.25) is 4.79 Å². The van der Waals surface area contributed by atoms with E-state index < -0.39 is 0 Å². The highest BCUT2D eigenvalue weighted by Gasteiger charge is 1.95. The van der Waals surface area contributed by atoms with Crippen LogP contribution in [-0.2, 0) is 11.2 Å². The van der Waals surface area contributed by atoms with Crippen LogP contribution in [0.3, 0.4) is 0 Å². The van der Waals surface area contributed by atoms with E-state index in [1.54, 1.807) is 19.1 Å². The van der Waals surface area contributed by atoms with Gasteiger partial charge in [-0.05, 0) is 36.1 Å². The fraction of sp³-hybridized carbons (Fsp3) is 0.214. The SMILES string of the molecule is CCc1ccc(/C(N)=C/C=C(\C)C=O)cc1. The molecule has 84 valence electrons. The summed E-state index contributed by atoms with van der Waals surface area (Å²) in [6.45, 7) is 3.86. The van der Waals surface area contributed by atoms with Gasteiger partial charge in [-0.25, -0.2) is 0 Å². The van der Waals surface area contributed by atoms with E-state index in [1.165, 1.54) is 5.56 Å². The van der Waals surface area contributed by atoms with Crippen LogP contribution >= 0.6 is 0 Å². The van der Waals surface area contributed by atoms with Crippen molar-refractivity contribution in [2.24, 2.45) is 5.73 Å². The fourth-order valence-corrected chi connectivity index (χ4v) is 1.29. The third kappa shape index (κ3) is 3.39. The van der Waals surface area contributed by atoms with Crippen molar-refractivity contribution in [3.63, 3.8) is 0 Å². The van der Waals surface area contributed by atoms with Crippen molar-refractivity contribution < 1.29 is 4.79 Å². The molecule has 0 aliphatic heterocycles. The number of carbonyl (C=O) groups excluding carboxylic acids is 1. The molecule has 0 aromatic heterocycles. The molecule has 0 unspecified atom stereocenters. The third-order valence-corrected chi connectivity index (χ3v) is 2.41. The molecule has 2 heteroatoms. The predicted octanol–water partition coefficient (Wildman–Crippen LogP) is 2.69. The Hall–Kier alpha value is -1.83. The molecular weight excluding hydrogens is 198 g/mol. The molecule has 0 aliphatic rings. The van der Waals surface area contributed by atoms with Crippen LogP contribution in [0.15, 0.2) is 42.0 Å². The van der Waals surface area contributed by atoms with E-state index in [0.29, 0.717) is 11.3 Å². The average molecular weight is 215 g/mol.